The molecule has 27 heavy (non-hydrogen) atoms. The summed E-state index contributed by atoms with van der Waals surface area (Å²) in [7, 11) is 0. The molecule has 3 atom stereocenters. The molecule has 0 aliphatic carbocycles. The van der Waals surface area contributed by atoms with Crippen LogP contribution in [0.2, 0.25) is 0 Å². The fraction of sp³-hybridized carbons (Fsp3) is 1.00. The van der Waals surface area contributed by atoms with Gasteiger partial charge in [-0.2, -0.15) is 9.80 Å². The predicted octanol–water partition coefficient (Wildman–Crippen LogP) is 4.03. The zero-order valence-electron chi connectivity index (χ0n) is 20.3. The van der Waals surface area contributed by atoms with Crippen molar-refractivity contribution < 1.29 is 8.97 Å². The van der Waals surface area contributed by atoms with Crippen LogP contribution in [0, 0.1) is 11.8 Å². The Morgan fingerprint density at radius 1 is 0.852 bits per heavy atom. The zero-order valence-corrected chi connectivity index (χ0v) is 20.3. The molecule has 2 aliphatic rings. The molecular formula is C23H50N4+2. The van der Waals surface area contributed by atoms with Gasteiger partial charge in [-0.1, -0.05) is 27.7 Å². The standard InChI is InChI=1S/C23H50N4/c1-11-26(12-2)18-21(9)25(16-20(7)8)23(26)24(15-19(5)6)17-22(10)27(23,13-3)14-4/h19-22H,11-18H2,1-10H3/q+2. The minimum Gasteiger partial charge on any atom is -0.242 e. The molecule has 0 bridgehead atoms. The van der Waals surface area contributed by atoms with E-state index >= 15 is 0 Å². The summed E-state index contributed by atoms with van der Waals surface area (Å²) in [6.45, 7) is 34.4. The second-order valence-electron chi connectivity index (χ2n) is 10.3. The van der Waals surface area contributed by atoms with Gasteiger partial charge in [0.05, 0.1) is 38.8 Å². The summed E-state index contributed by atoms with van der Waals surface area (Å²) >= 11 is 0. The SMILES string of the molecule is CC[N+]1(CC)CC(C)N(CC(C)C)C12N(CC(C)C)CC(C)[N+]2(CC)CC. The fourth-order valence-electron chi connectivity index (χ4n) is 7.14. The highest BCUT2D eigenvalue weighted by Gasteiger charge is 2.79. The molecular weight excluding hydrogens is 332 g/mol. The van der Waals surface area contributed by atoms with Gasteiger partial charge in [0.15, 0.2) is 0 Å². The van der Waals surface area contributed by atoms with E-state index in [1.165, 1.54) is 61.3 Å². The van der Waals surface area contributed by atoms with Gasteiger partial charge in [-0.25, -0.2) is 8.97 Å². The summed E-state index contributed by atoms with van der Waals surface area (Å²) in [6, 6.07) is 1.33. The van der Waals surface area contributed by atoms with Crippen molar-refractivity contribution in [1.29, 1.82) is 0 Å². The number of quaternary nitrogens is 2. The summed E-state index contributed by atoms with van der Waals surface area (Å²) in [5.74, 6) is 1.50. The van der Waals surface area contributed by atoms with E-state index in [1.54, 1.807) is 0 Å². The number of rotatable bonds is 8. The largest absolute Gasteiger partial charge is 0.357 e. The molecule has 0 saturated carbocycles. The monoisotopic (exact) mass is 382 g/mol. The van der Waals surface area contributed by atoms with Crippen molar-refractivity contribution in [2.24, 2.45) is 11.8 Å². The van der Waals surface area contributed by atoms with Crippen LogP contribution in [0.1, 0.15) is 69.2 Å². The van der Waals surface area contributed by atoms with E-state index < -0.39 is 0 Å². The van der Waals surface area contributed by atoms with Gasteiger partial charge in [-0.05, 0) is 53.4 Å². The summed E-state index contributed by atoms with van der Waals surface area (Å²) in [5.41, 5.74) is 0. The Kier molecular flexibility index (Phi) is 7.10. The average Bonchev–Trinajstić information content (AvgIpc) is 2.99. The highest BCUT2D eigenvalue weighted by atomic mass is 15.9. The van der Waals surface area contributed by atoms with Crippen molar-refractivity contribution in [3.63, 3.8) is 0 Å². The predicted molar refractivity (Wildman–Crippen MR) is 117 cm³/mol. The molecule has 0 aromatic heterocycles. The molecule has 2 fully saturated rings. The fourth-order valence-corrected chi connectivity index (χ4v) is 7.14. The van der Waals surface area contributed by atoms with E-state index in [-0.39, 0.29) is 5.91 Å². The van der Waals surface area contributed by atoms with Gasteiger partial charge in [-0.3, -0.25) is 0 Å². The Morgan fingerprint density at radius 3 is 1.78 bits per heavy atom. The molecule has 2 saturated heterocycles. The van der Waals surface area contributed by atoms with Crippen LogP contribution in [-0.4, -0.2) is 89.1 Å². The Hall–Kier alpha value is -0.160. The van der Waals surface area contributed by atoms with Crippen LogP contribution in [0.3, 0.4) is 0 Å². The molecule has 2 rings (SSSR count). The van der Waals surface area contributed by atoms with Gasteiger partial charge < -0.3 is 0 Å². The van der Waals surface area contributed by atoms with Crippen LogP contribution < -0.4 is 0 Å². The highest BCUT2D eigenvalue weighted by molar-refractivity contribution is 4.94. The van der Waals surface area contributed by atoms with E-state index in [0.29, 0.717) is 23.9 Å². The van der Waals surface area contributed by atoms with Gasteiger partial charge in [-0.15, -0.1) is 0 Å². The number of hydrogen-bond acceptors (Lipinski definition) is 2. The minimum absolute atomic E-state index is 0.0976. The second kappa shape index (κ2) is 8.30. The third kappa shape index (κ3) is 3.10. The topological polar surface area (TPSA) is 6.48 Å². The first-order chi connectivity index (χ1) is 12.6. The molecule has 3 unspecified atom stereocenters. The normalized spacial score (nSPS) is 33.8. The van der Waals surface area contributed by atoms with E-state index in [0.717, 1.165) is 0 Å². The maximum atomic E-state index is 2.98. The van der Waals surface area contributed by atoms with Crippen molar-refractivity contribution in [2.75, 3.05) is 52.4 Å². The molecule has 2 aliphatic heterocycles. The molecule has 160 valence electrons. The molecule has 0 radical (unpaired) electrons. The number of hydrogen-bond donors (Lipinski definition) is 0. The summed E-state index contributed by atoms with van der Waals surface area (Å²) in [5, 5.41) is 0. The van der Waals surface area contributed by atoms with E-state index in [1.807, 2.05) is 0 Å². The van der Waals surface area contributed by atoms with Gasteiger partial charge in [0, 0.05) is 13.1 Å². The average molecular weight is 383 g/mol. The van der Waals surface area contributed by atoms with Crippen molar-refractivity contribution in [3.05, 3.63) is 0 Å². The molecule has 0 aromatic carbocycles. The molecule has 0 aromatic rings. The van der Waals surface area contributed by atoms with Crippen LogP contribution in [0.15, 0.2) is 0 Å². The van der Waals surface area contributed by atoms with Crippen LogP contribution in [-0.2, 0) is 0 Å². The van der Waals surface area contributed by atoms with Gasteiger partial charge >= 0.3 is 5.91 Å². The smallest absolute Gasteiger partial charge is 0.242 e. The van der Waals surface area contributed by atoms with E-state index in [4.69, 9.17) is 0 Å². The van der Waals surface area contributed by atoms with Crippen molar-refractivity contribution in [2.45, 2.75) is 87.2 Å². The number of nitrogens with zero attached hydrogens (tertiary/aromatic N) is 4. The lowest BCUT2D eigenvalue weighted by atomic mass is 10.1. The Labute approximate surface area is 170 Å². The second-order valence-corrected chi connectivity index (χ2v) is 10.3. The Balaban J connectivity index is 2.81. The van der Waals surface area contributed by atoms with E-state index in [9.17, 15) is 0 Å². The van der Waals surface area contributed by atoms with E-state index in [2.05, 4.69) is 79.0 Å². The first-order valence-electron chi connectivity index (χ1n) is 11.9. The molecule has 4 heteroatoms. The molecule has 2 heterocycles. The van der Waals surface area contributed by atoms with Gasteiger partial charge in [0.25, 0.3) is 0 Å². The van der Waals surface area contributed by atoms with Crippen LogP contribution >= 0.6 is 0 Å². The quantitative estimate of drug-likeness (QED) is 0.585. The van der Waals surface area contributed by atoms with Gasteiger partial charge in [0.1, 0.15) is 12.6 Å². The minimum atomic E-state index is 0.0976. The third-order valence-electron chi connectivity index (χ3n) is 8.00. The third-order valence-corrected chi connectivity index (χ3v) is 8.00. The first-order valence-corrected chi connectivity index (χ1v) is 11.9. The number of likely N-dealkylation sites (N-methyl/N-ethyl adjacent to an activating group) is 2. The Morgan fingerprint density at radius 2 is 1.37 bits per heavy atom. The lowest BCUT2D eigenvalue weighted by Gasteiger charge is -2.59. The van der Waals surface area contributed by atoms with Crippen molar-refractivity contribution in [1.82, 2.24) is 9.80 Å². The summed E-state index contributed by atoms with van der Waals surface area (Å²) < 4.78 is 2.47. The maximum absolute atomic E-state index is 2.98. The summed E-state index contributed by atoms with van der Waals surface area (Å²) in [4.78, 5) is 5.93. The molecule has 0 amide bonds. The molecule has 1 spiro atoms. The van der Waals surface area contributed by atoms with Crippen LogP contribution in [0.25, 0.3) is 0 Å². The Bertz CT molecular complexity index is 481. The van der Waals surface area contributed by atoms with Crippen molar-refractivity contribution >= 4 is 0 Å². The summed E-state index contributed by atoms with van der Waals surface area (Å²) in [6.07, 6.45) is 0. The molecule has 0 N–H and O–H groups in total. The first kappa shape index (κ1) is 23.1. The van der Waals surface area contributed by atoms with Gasteiger partial charge in [0.2, 0.25) is 0 Å². The lowest BCUT2D eigenvalue weighted by molar-refractivity contribution is -1.18. The highest BCUT2D eigenvalue weighted by Crippen LogP contribution is 2.52. The van der Waals surface area contributed by atoms with Crippen molar-refractivity contribution in [3.8, 4) is 0 Å². The van der Waals surface area contributed by atoms with Crippen LogP contribution in [0.4, 0.5) is 0 Å². The van der Waals surface area contributed by atoms with Crippen LogP contribution in [0.5, 0.6) is 0 Å². The zero-order chi connectivity index (χ0) is 20.6. The lowest BCUT2D eigenvalue weighted by Crippen LogP contribution is -2.84. The maximum Gasteiger partial charge on any atom is 0.357 e. The molecule has 4 nitrogen and oxygen atoms in total.